The van der Waals surface area contributed by atoms with Crippen molar-refractivity contribution in [2.45, 2.75) is 6.04 Å². The minimum Gasteiger partial charge on any atom is -0.375 e. The molecule has 88 valence electrons. The minimum absolute atomic E-state index is 0.0300. The van der Waals surface area contributed by atoms with E-state index in [1.807, 2.05) is 0 Å². The van der Waals surface area contributed by atoms with E-state index in [1.165, 1.54) is 0 Å². The van der Waals surface area contributed by atoms with Gasteiger partial charge in [0.1, 0.15) is 6.04 Å². The highest BCUT2D eigenvalue weighted by atomic mass is 16.5. The van der Waals surface area contributed by atoms with E-state index in [1.54, 1.807) is 29.2 Å². The molecule has 0 unspecified atom stereocenters. The van der Waals surface area contributed by atoms with Crippen molar-refractivity contribution in [2.24, 2.45) is 0 Å². The molecule has 0 atom stereocenters. The molecule has 1 heterocycles. The van der Waals surface area contributed by atoms with Crippen molar-refractivity contribution in [3.05, 3.63) is 37.7 Å². The number of hydrogen-bond donors (Lipinski definition) is 0. The molecule has 5 heteroatoms. The second-order valence-electron chi connectivity index (χ2n) is 3.19. The van der Waals surface area contributed by atoms with Gasteiger partial charge >= 0.3 is 0 Å². The third-order valence-electron chi connectivity index (χ3n) is 1.91. The van der Waals surface area contributed by atoms with E-state index in [2.05, 4.69) is 23.5 Å². The molecule has 0 saturated heterocycles. The van der Waals surface area contributed by atoms with Crippen LogP contribution in [0.3, 0.4) is 0 Å². The quantitative estimate of drug-likeness (QED) is 0.466. The molecule has 0 radical (unpaired) electrons. The molecular formula is C11H17N3O2. The number of nitrogens with zero attached hydrogens (tertiary/aromatic N) is 3. The van der Waals surface area contributed by atoms with Gasteiger partial charge in [-0.05, 0) is 0 Å². The normalized spacial score (nSPS) is 10.6. The van der Waals surface area contributed by atoms with Crippen molar-refractivity contribution in [3.8, 4) is 0 Å². The summed E-state index contributed by atoms with van der Waals surface area (Å²) in [5.74, 6) is 0. The Hall–Kier alpha value is -1.46. The van der Waals surface area contributed by atoms with Crippen molar-refractivity contribution in [3.63, 3.8) is 0 Å². The van der Waals surface area contributed by atoms with Crippen LogP contribution >= 0.6 is 0 Å². The molecule has 0 aliphatic rings. The Kier molecular flexibility index (Phi) is 6.13. The molecule has 0 spiro atoms. The minimum atomic E-state index is 0.0300. The number of aromatic nitrogens is 3. The Morgan fingerprint density at radius 1 is 1.19 bits per heavy atom. The highest BCUT2D eigenvalue weighted by molar-refractivity contribution is 4.74. The average Bonchev–Trinajstić information content (AvgIpc) is 2.81. The van der Waals surface area contributed by atoms with E-state index in [4.69, 9.17) is 9.47 Å². The summed E-state index contributed by atoms with van der Waals surface area (Å²) in [4.78, 5) is 0. The van der Waals surface area contributed by atoms with E-state index in [9.17, 15) is 0 Å². The first-order valence-electron chi connectivity index (χ1n) is 5.11. The van der Waals surface area contributed by atoms with E-state index in [0.29, 0.717) is 26.4 Å². The fourth-order valence-corrected chi connectivity index (χ4v) is 1.19. The van der Waals surface area contributed by atoms with Crippen LogP contribution in [-0.4, -0.2) is 41.4 Å². The van der Waals surface area contributed by atoms with Crippen LogP contribution in [0.5, 0.6) is 0 Å². The highest BCUT2D eigenvalue weighted by Gasteiger charge is 2.11. The SMILES string of the molecule is C=CCOCC(COCC=C)n1ccnn1. The molecular weight excluding hydrogens is 206 g/mol. The van der Waals surface area contributed by atoms with Crippen molar-refractivity contribution in [1.29, 1.82) is 0 Å². The maximum absolute atomic E-state index is 5.39. The summed E-state index contributed by atoms with van der Waals surface area (Å²) in [6, 6.07) is 0.0300. The second kappa shape index (κ2) is 7.78. The number of ether oxygens (including phenoxy) is 2. The van der Waals surface area contributed by atoms with Gasteiger partial charge in [-0.2, -0.15) is 0 Å². The Balaban J connectivity index is 2.41. The highest BCUT2D eigenvalue weighted by Crippen LogP contribution is 2.05. The molecule has 1 rings (SSSR count). The smallest absolute Gasteiger partial charge is 0.100 e. The zero-order valence-corrected chi connectivity index (χ0v) is 9.29. The maximum atomic E-state index is 5.39. The summed E-state index contributed by atoms with van der Waals surface area (Å²) in [5, 5.41) is 7.69. The maximum Gasteiger partial charge on any atom is 0.100 e. The zero-order chi connectivity index (χ0) is 11.6. The predicted molar refractivity (Wildman–Crippen MR) is 61.1 cm³/mol. The lowest BCUT2D eigenvalue weighted by Crippen LogP contribution is -2.22. The number of hydrogen-bond acceptors (Lipinski definition) is 4. The monoisotopic (exact) mass is 223 g/mol. The van der Waals surface area contributed by atoms with Crippen molar-refractivity contribution in [1.82, 2.24) is 15.0 Å². The first-order chi connectivity index (χ1) is 7.88. The van der Waals surface area contributed by atoms with Gasteiger partial charge in [0.05, 0.1) is 32.6 Å². The third kappa shape index (κ3) is 4.37. The molecule has 0 amide bonds. The van der Waals surface area contributed by atoms with E-state index in [0.717, 1.165) is 0 Å². The zero-order valence-electron chi connectivity index (χ0n) is 9.29. The molecule has 0 bridgehead atoms. The van der Waals surface area contributed by atoms with Crippen LogP contribution in [0.4, 0.5) is 0 Å². The fourth-order valence-electron chi connectivity index (χ4n) is 1.19. The summed E-state index contributed by atoms with van der Waals surface area (Å²) < 4.78 is 12.5. The largest absolute Gasteiger partial charge is 0.375 e. The summed E-state index contributed by atoms with van der Waals surface area (Å²) in [7, 11) is 0. The first-order valence-corrected chi connectivity index (χ1v) is 5.11. The summed E-state index contributed by atoms with van der Waals surface area (Å²) >= 11 is 0. The Bertz CT molecular complexity index is 284. The van der Waals surface area contributed by atoms with E-state index >= 15 is 0 Å². The van der Waals surface area contributed by atoms with Gasteiger partial charge in [0, 0.05) is 6.20 Å². The first kappa shape index (κ1) is 12.6. The van der Waals surface area contributed by atoms with Gasteiger partial charge < -0.3 is 9.47 Å². The topological polar surface area (TPSA) is 49.2 Å². The van der Waals surface area contributed by atoms with Crippen LogP contribution < -0.4 is 0 Å². The second-order valence-corrected chi connectivity index (χ2v) is 3.19. The number of rotatable bonds is 9. The lowest BCUT2D eigenvalue weighted by atomic mass is 10.3. The van der Waals surface area contributed by atoms with E-state index in [-0.39, 0.29) is 6.04 Å². The molecule has 0 aliphatic heterocycles. The van der Waals surface area contributed by atoms with Crippen molar-refractivity contribution >= 4 is 0 Å². The van der Waals surface area contributed by atoms with Crippen LogP contribution in [0.1, 0.15) is 6.04 Å². The molecule has 16 heavy (non-hydrogen) atoms. The van der Waals surface area contributed by atoms with Gasteiger partial charge in [0.2, 0.25) is 0 Å². The van der Waals surface area contributed by atoms with Crippen LogP contribution in [0.25, 0.3) is 0 Å². The molecule has 0 N–H and O–H groups in total. The van der Waals surface area contributed by atoms with Gasteiger partial charge in [-0.3, -0.25) is 0 Å². The Morgan fingerprint density at radius 2 is 1.81 bits per heavy atom. The summed E-state index contributed by atoms with van der Waals surface area (Å²) in [6.07, 6.45) is 6.85. The molecule has 0 aliphatic carbocycles. The van der Waals surface area contributed by atoms with Crippen LogP contribution in [0.2, 0.25) is 0 Å². The standard InChI is InChI=1S/C11H17N3O2/c1-3-7-15-9-11(10-16-8-4-2)14-6-5-12-13-14/h3-6,11H,1-2,7-10H2. The van der Waals surface area contributed by atoms with Crippen LogP contribution in [0.15, 0.2) is 37.7 Å². The molecule has 0 aromatic carbocycles. The molecule has 0 saturated carbocycles. The van der Waals surface area contributed by atoms with Crippen molar-refractivity contribution < 1.29 is 9.47 Å². The van der Waals surface area contributed by atoms with Crippen LogP contribution in [-0.2, 0) is 9.47 Å². The molecule has 1 aromatic heterocycles. The van der Waals surface area contributed by atoms with Gasteiger partial charge in [-0.15, -0.1) is 18.3 Å². The Labute approximate surface area is 95.4 Å². The third-order valence-corrected chi connectivity index (χ3v) is 1.91. The van der Waals surface area contributed by atoms with Crippen LogP contribution in [0, 0.1) is 0 Å². The molecule has 5 nitrogen and oxygen atoms in total. The van der Waals surface area contributed by atoms with Gasteiger partial charge in [0.25, 0.3) is 0 Å². The lowest BCUT2D eigenvalue weighted by molar-refractivity contribution is 0.0578. The summed E-state index contributed by atoms with van der Waals surface area (Å²) in [5.41, 5.74) is 0. The lowest BCUT2D eigenvalue weighted by Gasteiger charge is -2.16. The molecule has 0 fully saturated rings. The fraction of sp³-hybridized carbons (Fsp3) is 0.455. The van der Waals surface area contributed by atoms with Gasteiger partial charge in [-0.25, -0.2) is 4.68 Å². The summed E-state index contributed by atoms with van der Waals surface area (Å²) in [6.45, 7) is 9.26. The molecule has 1 aromatic rings. The van der Waals surface area contributed by atoms with Gasteiger partial charge in [0.15, 0.2) is 0 Å². The van der Waals surface area contributed by atoms with Crippen molar-refractivity contribution in [2.75, 3.05) is 26.4 Å². The Morgan fingerprint density at radius 3 is 2.25 bits per heavy atom. The van der Waals surface area contributed by atoms with E-state index < -0.39 is 0 Å². The average molecular weight is 223 g/mol. The van der Waals surface area contributed by atoms with Gasteiger partial charge in [-0.1, -0.05) is 17.4 Å². The predicted octanol–water partition coefficient (Wildman–Crippen LogP) is 1.22.